The van der Waals surface area contributed by atoms with E-state index in [2.05, 4.69) is 22.6 Å². The van der Waals surface area contributed by atoms with Crippen LogP contribution in [0.2, 0.25) is 0 Å². The molecule has 3 aromatic rings. The lowest BCUT2D eigenvalue weighted by atomic mass is 10.1. The zero-order valence-corrected chi connectivity index (χ0v) is 15.8. The van der Waals surface area contributed by atoms with E-state index in [1.54, 1.807) is 17.3 Å². The number of benzene rings is 1. The first-order valence-corrected chi connectivity index (χ1v) is 8.96. The van der Waals surface area contributed by atoms with Crippen LogP contribution < -0.4 is 4.90 Å². The minimum Gasteiger partial charge on any atom is -0.443 e. The van der Waals surface area contributed by atoms with E-state index in [0.717, 1.165) is 40.2 Å². The van der Waals surface area contributed by atoms with E-state index in [1.165, 1.54) is 0 Å². The van der Waals surface area contributed by atoms with Crippen LogP contribution in [0.3, 0.4) is 0 Å². The number of hydrogen-bond donors (Lipinski definition) is 0. The lowest BCUT2D eigenvalue weighted by Gasteiger charge is -2.24. The summed E-state index contributed by atoms with van der Waals surface area (Å²) in [6.07, 6.45) is 3.98. The number of anilines is 1. The molecular weight excluding hydrogens is 340 g/mol. The monoisotopic (exact) mass is 362 g/mol. The Morgan fingerprint density at radius 3 is 2.81 bits per heavy atom. The van der Waals surface area contributed by atoms with Gasteiger partial charge in [0.05, 0.1) is 11.4 Å². The minimum absolute atomic E-state index is 0.306. The Bertz CT molecular complexity index is 1050. The van der Waals surface area contributed by atoms with Crippen molar-refractivity contribution in [1.82, 2.24) is 14.5 Å². The van der Waals surface area contributed by atoms with Gasteiger partial charge in [0.2, 0.25) is 0 Å². The molecule has 1 amide bonds. The molecule has 0 saturated heterocycles. The fourth-order valence-corrected chi connectivity index (χ4v) is 3.26. The van der Waals surface area contributed by atoms with Gasteiger partial charge in [-0.05, 0) is 69.2 Å². The third kappa shape index (κ3) is 3.18. The van der Waals surface area contributed by atoms with E-state index in [4.69, 9.17) is 4.74 Å². The molecule has 3 heterocycles. The topological polar surface area (TPSA) is 60.2 Å². The van der Waals surface area contributed by atoms with Crippen molar-refractivity contribution >= 4 is 29.0 Å². The molecular formula is C21H22N4O2. The Labute approximate surface area is 158 Å². The van der Waals surface area contributed by atoms with Crippen LogP contribution in [-0.2, 0) is 11.2 Å². The lowest BCUT2D eigenvalue weighted by Crippen LogP contribution is -2.35. The predicted molar refractivity (Wildman–Crippen MR) is 106 cm³/mol. The fourth-order valence-electron chi connectivity index (χ4n) is 3.26. The normalized spacial score (nSPS) is 13.7. The molecule has 6 nitrogen and oxygen atoms in total. The molecule has 27 heavy (non-hydrogen) atoms. The van der Waals surface area contributed by atoms with Crippen LogP contribution in [0.25, 0.3) is 22.9 Å². The number of nitrogens with zero attached hydrogens (tertiary/aromatic N) is 4. The van der Waals surface area contributed by atoms with Crippen molar-refractivity contribution in [2.24, 2.45) is 0 Å². The summed E-state index contributed by atoms with van der Waals surface area (Å²) in [7, 11) is 0. The van der Waals surface area contributed by atoms with Gasteiger partial charge in [-0.1, -0.05) is 6.58 Å². The van der Waals surface area contributed by atoms with Crippen molar-refractivity contribution in [2.45, 2.75) is 32.8 Å². The Balaban J connectivity index is 1.69. The van der Waals surface area contributed by atoms with Gasteiger partial charge in [0.25, 0.3) is 0 Å². The van der Waals surface area contributed by atoms with Crippen LogP contribution >= 0.6 is 0 Å². The number of carbonyl (C=O) groups is 1. The average Bonchev–Trinajstić information content (AvgIpc) is 3.23. The summed E-state index contributed by atoms with van der Waals surface area (Å²) in [4.78, 5) is 23.2. The third-order valence-electron chi connectivity index (χ3n) is 4.48. The molecule has 1 aromatic carbocycles. The Morgan fingerprint density at radius 1 is 1.26 bits per heavy atom. The quantitative estimate of drug-likeness (QED) is 0.679. The predicted octanol–water partition coefficient (Wildman–Crippen LogP) is 4.36. The number of pyridine rings is 1. The number of amides is 1. The van der Waals surface area contributed by atoms with Crippen molar-refractivity contribution in [1.29, 1.82) is 0 Å². The first-order chi connectivity index (χ1) is 12.9. The van der Waals surface area contributed by atoms with Gasteiger partial charge in [-0.15, -0.1) is 0 Å². The number of ether oxygens (including phenoxy) is 1. The van der Waals surface area contributed by atoms with Crippen molar-refractivity contribution < 1.29 is 9.53 Å². The second-order valence-corrected chi connectivity index (χ2v) is 7.59. The highest BCUT2D eigenvalue weighted by Gasteiger charge is 2.29. The Morgan fingerprint density at radius 2 is 2.07 bits per heavy atom. The standard InChI is InChI=1S/C21H22N4O2/c1-5-15-6-8-17-19(23-15)25(13-22-17)16-7-9-18-14(12-16)10-11-24(18)20(26)27-21(2,3)4/h5-9,12-13H,1,10-11H2,2-4H3. The molecule has 0 bridgehead atoms. The van der Waals surface area contributed by atoms with E-state index in [9.17, 15) is 4.79 Å². The van der Waals surface area contributed by atoms with E-state index in [0.29, 0.717) is 6.54 Å². The van der Waals surface area contributed by atoms with Gasteiger partial charge in [0, 0.05) is 12.2 Å². The highest BCUT2D eigenvalue weighted by molar-refractivity contribution is 5.91. The van der Waals surface area contributed by atoms with Crippen LogP contribution in [0.1, 0.15) is 32.0 Å². The van der Waals surface area contributed by atoms with Crippen LogP contribution in [0, 0.1) is 0 Å². The van der Waals surface area contributed by atoms with E-state index in [1.807, 2.05) is 49.6 Å². The summed E-state index contributed by atoms with van der Waals surface area (Å²) in [5, 5.41) is 0. The van der Waals surface area contributed by atoms with Crippen LogP contribution in [0.4, 0.5) is 10.5 Å². The number of aromatic nitrogens is 3. The van der Waals surface area contributed by atoms with Gasteiger partial charge in [0.1, 0.15) is 17.4 Å². The maximum atomic E-state index is 12.5. The van der Waals surface area contributed by atoms with Crippen molar-refractivity contribution in [2.75, 3.05) is 11.4 Å². The van der Waals surface area contributed by atoms with Crippen molar-refractivity contribution in [3.63, 3.8) is 0 Å². The van der Waals surface area contributed by atoms with Gasteiger partial charge in [0.15, 0.2) is 5.65 Å². The molecule has 4 rings (SSSR count). The second kappa shape index (κ2) is 6.23. The summed E-state index contributed by atoms with van der Waals surface area (Å²) in [6.45, 7) is 10.0. The summed E-state index contributed by atoms with van der Waals surface area (Å²) in [5.74, 6) is 0. The number of imidazole rings is 1. The molecule has 0 radical (unpaired) electrons. The van der Waals surface area contributed by atoms with Gasteiger partial charge in [-0.2, -0.15) is 0 Å². The molecule has 1 aliphatic rings. The lowest BCUT2D eigenvalue weighted by molar-refractivity contribution is 0.0584. The second-order valence-electron chi connectivity index (χ2n) is 7.59. The number of rotatable bonds is 2. The van der Waals surface area contributed by atoms with Crippen LogP contribution in [0.15, 0.2) is 43.2 Å². The molecule has 6 heteroatoms. The maximum absolute atomic E-state index is 12.5. The first-order valence-electron chi connectivity index (χ1n) is 8.96. The van der Waals surface area contributed by atoms with E-state index < -0.39 is 5.60 Å². The van der Waals surface area contributed by atoms with Gasteiger partial charge < -0.3 is 4.74 Å². The number of carbonyl (C=O) groups excluding carboxylic acids is 1. The zero-order chi connectivity index (χ0) is 19.2. The molecule has 0 unspecified atom stereocenters. The third-order valence-corrected chi connectivity index (χ3v) is 4.48. The Hall–Kier alpha value is -3.15. The summed E-state index contributed by atoms with van der Waals surface area (Å²) in [6, 6.07) is 9.86. The van der Waals surface area contributed by atoms with Crippen LogP contribution in [0.5, 0.6) is 0 Å². The molecule has 0 fully saturated rings. The largest absolute Gasteiger partial charge is 0.443 e. The molecule has 2 aromatic heterocycles. The average molecular weight is 362 g/mol. The van der Waals surface area contributed by atoms with Gasteiger partial charge >= 0.3 is 6.09 Å². The zero-order valence-electron chi connectivity index (χ0n) is 15.8. The highest BCUT2D eigenvalue weighted by Crippen LogP contribution is 2.32. The van der Waals surface area contributed by atoms with Gasteiger partial charge in [-0.25, -0.2) is 14.8 Å². The molecule has 0 N–H and O–H groups in total. The smallest absolute Gasteiger partial charge is 0.414 e. The van der Waals surface area contributed by atoms with Crippen molar-refractivity contribution in [3.8, 4) is 5.69 Å². The van der Waals surface area contributed by atoms with E-state index in [-0.39, 0.29) is 6.09 Å². The van der Waals surface area contributed by atoms with Gasteiger partial charge in [-0.3, -0.25) is 9.47 Å². The molecule has 0 saturated carbocycles. The SMILES string of the molecule is C=Cc1ccc2ncn(-c3ccc4c(c3)CCN4C(=O)OC(C)(C)C)c2n1. The summed E-state index contributed by atoms with van der Waals surface area (Å²) in [5.41, 5.74) is 4.89. The van der Waals surface area contributed by atoms with Crippen LogP contribution in [-0.4, -0.2) is 32.8 Å². The highest BCUT2D eigenvalue weighted by atomic mass is 16.6. The Kier molecular flexibility index (Phi) is 3.98. The molecule has 1 aliphatic heterocycles. The van der Waals surface area contributed by atoms with Crippen molar-refractivity contribution in [3.05, 3.63) is 54.5 Å². The first kappa shape index (κ1) is 17.3. The minimum atomic E-state index is -0.510. The molecule has 0 spiro atoms. The molecule has 0 aliphatic carbocycles. The maximum Gasteiger partial charge on any atom is 0.414 e. The molecule has 0 atom stereocenters. The number of hydrogen-bond acceptors (Lipinski definition) is 4. The van der Waals surface area contributed by atoms with E-state index >= 15 is 0 Å². The summed E-state index contributed by atoms with van der Waals surface area (Å²) >= 11 is 0. The number of fused-ring (bicyclic) bond motifs is 2. The summed E-state index contributed by atoms with van der Waals surface area (Å²) < 4.78 is 7.47. The molecule has 138 valence electrons. The fraction of sp³-hybridized carbons (Fsp3) is 0.286.